The predicted molar refractivity (Wildman–Crippen MR) is 425 cm³/mol. The Balaban J connectivity index is 0.982. The molecule has 101 heavy (non-hydrogen) atoms. The molecule has 1 unspecified atom stereocenters. The van der Waals surface area contributed by atoms with Crippen LogP contribution in [-0.4, -0.2) is 18.9 Å². The number of aryl methyl sites for hydroxylation is 2. The van der Waals surface area contributed by atoms with Gasteiger partial charge in [0.15, 0.2) is 0 Å². The summed E-state index contributed by atoms with van der Waals surface area (Å²) in [7, 11) is 0. The highest BCUT2D eigenvalue weighted by Gasteiger charge is 2.40. The lowest BCUT2D eigenvalue weighted by atomic mass is 9.81. The molecular formula is C94H73N5O2. The van der Waals surface area contributed by atoms with Gasteiger partial charge in [0, 0.05) is 90.5 Å². The molecule has 486 valence electrons. The summed E-state index contributed by atoms with van der Waals surface area (Å²) in [5.74, 6) is 0. The summed E-state index contributed by atoms with van der Waals surface area (Å²) in [5, 5.41) is 10.5. The van der Waals surface area contributed by atoms with Gasteiger partial charge >= 0.3 is 0 Å². The van der Waals surface area contributed by atoms with E-state index in [0.29, 0.717) is 6.67 Å². The maximum atomic E-state index is 7.95. The Bertz CT molecular complexity index is 6200. The topological polar surface area (TPSA) is 51.6 Å². The standard InChI is InChI=1S/C94H73N5O2/c1-58-41-44-70-64(49-58)56-97(79-39-20-18-36-72(70)79)69-43-45-74-83(54-69)101-91-59(2)50-76-85(86(74)91)87-77(89(96-48-24-47-95-57-96)90(76)98(66-29-11-8-12-30-66)67-31-13-9-14-32-67)55-81(99(68-33-15-10-16-34-68)80-40-23-37-73-71-35-17-19-38-78(71)94(6,7)88(73)80)84-75-53-63(42-46-82(75)100-92(84)87)61-26-21-25-60(51-61)62-27-22-28-65(52-62)93(3,4)5/h8-56,79H,57H2,1-7H3. The second-order valence-corrected chi connectivity index (χ2v) is 29.2. The lowest BCUT2D eigenvalue weighted by Crippen LogP contribution is -2.44. The number of aliphatic imine (C=N–C) groups is 1. The summed E-state index contributed by atoms with van der Waals surface area (Å²) in [4.78, 5) is 14.8. The number of hydrogen-bond donors (Lipinski definition) is 0. The van der Waals surface area contributed by atoms with Gasteiger partial charge in [-0.05, 0) is 188 Å². The van der Waals surface area contributed by atoms with E-state index in [4.69, 9.17) is 13.8 Å². The molecule has 0 amide bonds. The first-order chi connectivity index (χ1) is 49.3. The highest BCUT2D eigenvalue weighted by molar-refractivity contribution is 6.39. The van der Waals surface area contributed by atoms with Gasteiger partial charge in [0.1, 0.15) is 29.0 Å². The number of para-hydroxylation sites is 3. The van der Waals surface area contributed by atoms with Gasteiger partial charge in [-0.2, -0.15) is 0 Å². The normalized spacial score (nSPS) is 15.1. The fraction of sp³-hybridized carbons (Fsp3) is 0.117. The predicted octanol–water partition coefficient (Wildman–Crippen LogP) is 23.6. The van der Waals surface area contributed by atoms with Crippen molar-refractivity contribution in [3.8, 4) is 33.4 Å². The van der Waals surface area contributed by atoms with Crippen LogP contribution in [0, 0.1) is 13.8 Å². The Morgan fingerprint density at radius 3 is 1.92 bits per heavy atom. The highest BCUT2D eigenvalue weighted by atomic mass is 16.3. The summed E-state index contributed by atoms with van der Waals surface area (Å²) < 4.78 is 15.5. The first-order valence-corrected chi connectivity index (χ1v) is 35.2. The minimum Gasteiger partial charge on any atom is -0.456 e. The number of nitrogens with zero attached hydrogens (tertiary/aromatic N) is 5. The van der Waals surface area contributed by atoms with Crippen LogP contribution >= 0.6 is 0 Å². The zero-order valence-corrected chi connectivity index (χ0v) is 57.6. The van der Waals surface area contributed by atoms with Crippen molar-refractivity contribution >= 4 is 129 Å². The van der Waals surface area contributed by atoms with E-state index in [-0.39, 0.29) is 16.9 Å². The minimum atomic E-state index is -0.377. The molecule has 2 aliphatic carbocycles. The maximum absolute atomic E-state index is 7.95. The zero-order valence-electron chi connectivity index (χ0n) is 57.6. The van der Waals surface area contributed by atoms with Gasteiger partial charge in [0.05, 0.1) is 34.2 Å². The van der Waals surface area contributed by atoms with Gasteiger partial charge in [-0.25, -0.2) is 0 Å². The van der Waals surface area contributed by atoms with E-state index in [0.717, 1.165) is 128 Å². The van der Waals surface area contributed by atoms with E-state index in [9.17, 15) is 0 Å². The number of benzene rings is 13. The largest absolute Gasteiger partial charge is 0.456 e. The quantitative estimate of drug-likeness (QED) is 0.127. The van der Waals surface area contributed by atoms with E-state index in [1.165, 1.54) is 60.5 Å². The van der Waals surface area contributed by atoms with Crippen molar-refractivity contribution in [1.29, 1.82) is 0 Å². The molecule has 19 rings (SSSR count). The van der Waals surface area contributed by atoms with Gasteiger partial charge in [-0.15, -0.1) is 0 Å². The molecule has 0 saturated carbocycles. The first kappa shape index (κ1) is 60.0. The fourth-order valence-electron chi connectivity index (χ4n) is 16.9. The molecule has 0 saturated heterocycles. The van der Waals surface area contributed by atoms with E-state index in [1.807, 2.05) is 6.21 Å². The lowest BCUT2D eigenvalue weighted by Gasteiger charge is -2.35. The third kappa shape index (κ3) is 9.51. The van der Waals surface area contributed by atoms with Crippen LogP contribution in [0.2, 0.25) is 0 Å². The summed E-state index contributed by atoms with van der Waals surface area (Å²) >= 11 is 0. The Kier molecular flexibility index (Phi) is 13.6. The van der Waals surface area contributed by atoms with Gasteiger partial charge in [-0.3, -0.25) is 4.99 Å². The van der Waals surface area contributed by atoms with Gasteiger partial charge in [-0.1, -0.05) is 216 Å². The van der Waals surface area contributed by atoms with Crippen molar-refractivity contribution in [2.24, 2.45) is 4.99 Å². The van der Waals surface area contributed by atoms with Crippen molar-refractivity contribution in [3.63, 3.8) is 0 Å². The second kappa shape index (κ2) is 22.9. The zero-order chi connectivity index (χ0) is 68.0. The minimum absolute atomic E-state index is 0.000958. The molecule has 7 nitrogen and oxygen atoms in total. The van der Waals surface area contributed by atoms with Crippen LogP contribution in [-0.2, 0) is 10.8 Å². The number of fused-ring (bicyclic) bond motifs is 16. The molecule has 0 N–H and O–H groups in total. The van der Waals surface area contributed by atoms with Crippen LogP contribution in [0.5, 0.6) is 0 Å². The molecule has 13 aromatic carbocycles. The third-order valence-electron chi connectivity index (χ3n) is 21.6. The molecule has 0 radical (unpaired) electrons. The average Bonchev–Trinajstić information content (AvgIpc) is 1.65. The van der Waals surface area contributed by atoms with Gasteiger partial charge in [0.25, 0.3) is 0 Å². The monoisotopic (exact) mass is 1300 g/mol. The molecular weight excluding hydrogens is 1230 g/mol. The summed E-state index contributed by atoms with van der Waals surface area (Å²) in [6.07, 6.45) is 17.4. The highest BCUT2D eigenvalue weighted by Crippen LogP contribution is 2.60. The molecule has 1 atom stereocenters. The van der Waals surface area contributed by atoms with Crippen LogP contribution in [0.15, 0.2) is 299 Å². The van der Waals surface area contributed by atoms with E-state index in [1.54, 1.807) is 0 Å². The number of rotatable bonds is 10. The molecule has 2 aromatic heterocycles. The summed E-state index contributed by atoms with van der Waals surface area (Å²) in [6, 6.07) is 92.0. The van der Waals surface area contributed by atoms with Crippen LogP contribution in [0.3, 0.4) is 0 Å². The third-order valence-corrected chi connectivity index (χ3v) is 21.6. The maximum Gasteiger partial charge on any atom is 0.146 e. The Labute approximate surface area is 587 Å². The molecule has 0 bridgehead atoms. The van der Waals surface area contributed by atoms with Crippen molar-refractivity contribution in [2.75, 3.05) is 26.3 Å². The number of hydrogen-bond acceptors (Lipinski definition) is 7. The fourth-order valence-corrected chi connectivity index (χ4v) is 16.9. The van der Waals surface area contributed by atoms with Gasteiger partial charge in [0.2, 0.25) is 0 Å². The Morgan fingerprint density at radius 2 is 1.18 bits per heavy atom. The Morgan fingerprint density at radius 1 is 0.505 bits per heavy atom. The van der Waals surface area contributed by atoms with Crippen LogP contribution in [0.4, 0.5) is 45.5 Å². The van der Waals surface area contributed by atoms with E-state index < -0.39 is 0 Å². The first-order valence-electron chi connectivity index (χ1n) is 35.2. The summed E-state index contributed by atoms with van der Waals surface area (Å²) in [6.45, 7) is 16.4. The number of allylic oxidation sites excluding steroid dienone is 3. The second-order valence-electron chi connectivity index (χ2n) is 29.2. The van der Waals surface area contributed by atoms with Crippen molar-refractivity contribution < 1.29 is 8.83 Å². The van der Waals surface area contributed by atoms with Crippen LogP contribution in [0.1, 0.15) is 62.4 Å². The van der Waals surface area contributed by atoms with Crippen LogP contribution < -0.4 is 30.0 Å². The molecule has 0 fully saturated rings. The molecule has 0 spiro atoms. The SMILES string of the molecule is Cc1ccc2c(c1)=CN(c1ccc3c(c1)oc1c(C)cc4c(N(c5ccccc5)c5ccccc5)c(N5C=CC=NC5)c5cc(N(c6ccccc6)c6cccc7c6C(C)(C)c6ccccc6-7)c6c7cc(-c8cccc(-c9cccc(C(C)(C)C)c9)c8)ccc7oc6c5c4c13)C1C=CC=CC=21. The smallest absolute Gasteiger partial charge is 0.146 e. The van der Waals surface area contributed by atoms with Crippen LogP contribution in [0.25, 0.3) is 111 Å². The number of anilines is 8. The van der Waals surface area contributed by atoms with Crippen molar-refractivity contribution in [2.45, 2.75) is 65.3 Å². The average molecular weight is 1300 g/mol. The summed E-state index contributed by atoms with van der Waals surface area (Å²) in [5.41, 5.74) is 25.4. The lowest BCUT2D eigenvalue weighted by molar-refractivity contribution is 0.590. The number of furan rings is 2. The molecule has 15 aromatic rings. The molecule has 2 aliphatic heterocycles. The van der Waals surface area contributed by atoms with Crippen molar-refractivity contribution in [1.82, 2.24) is 0 Å². The van der Waals surface area contributed by atoms with E-state index >= 15 is 0 Å². The molecule has 7 heteroatoms. The van der Waals surface area contributed by atoms with Crippen molar-refractivity contribution in [3.05, 3.63) is 324 Å². The van der Waals surface area contributed by atoms with E-state index in [2.05, 4.69) is 360 Å². The van der Waals surface area contributed by atoms with Gasteiger partial charge < -0.3 is 28.4 Å². The Hall–Kier alpha value is -12.2. The molecule has 4 heterocycles. The molecule has 4 aliphatic rings.